The van der Waals surface area contributed by atoms with Crippen LogP contribution in [0, 0.1) is 0 Å². The zero-order chi connectivity index (χ0) is 40.7. The van der Waals surface area contributed by atoms with Crippen molar-refractivity contribution in [1.82, 2.24) is 0 Å². The predicted molar refractivity (Wildman–Crippen MR) is 208 cm³/mol. The molecule has 0 amide bonds. The van der Waals surface area contributed by atoms with E-state index in [9.17, 15) is 38.5 Å². The van der Waals surface area contributed by atoms with E-state index in [1.807, 2.05) is 37.4 Å². The third kappa shape index (κ3) is 7.95. The Morgan fingerprint density at radius 2 is 1.09 bits per heavy atom. The molecule has 0 aromatic heterocycles. The molecule has 1 heterocycles. The van der Waals surface area contributed by atoms with E-state index in [4.69, 9.17) is 12.6 Å². The van der Waals surface area contributed by atoms with Gasteiger partial charge in [-0.2, -0.15) is 13.0 Å². The molecule has 0 saturated carbocycles. The van der Waals surface area contributed by atoms with Crippen molar-refractivity contribution in [3.8, 4) is 23.0 Å². The molecule has 2 aliphatic rings. The molecular formula is C42H40NO11S2+. The molecule has 1 aliphatic heterocycles. The number of aliphatic hydroxyl groups excluding tert-OH is 1. The van der Waals surface area contributed by atoms with Crippen molar-refractivity contribution in [2.45, 2.75) is 56.4 Å². The van der Waals surface area contributed by atoms with Crippen LogP contribution in [-0.4, -0.2) is 68.5 Å². The second-order valence-corrected chi connectivity index (χ2v) is 16.3. The number of benzene rings is 5. The summed E-state index contributed by atoms with van der Waals surface area (Å²) in [5, 5.41) is 56.3. The van der Waals surface area contributed by atoms with E-state index in [1.165, 1.54) is 11.6 Å². The number of allylic oxidation sites excluding steroid dienone is 1. The lowest BCUT2D eigenvalue weighted by Crippen LogP contribution is -2.26. The van der Waals surface area contributed by atoms with Gasteiger partial charge in [0.15, 0.2) is 5.71 Å². The summed E-state index contributed by atoms with van der Waals surface area (Å²) in [6.07, 6.45) is 3.96. The van der Waals surface area contributed by atoms with Crippen LogP contribution in [0.5, 0.6) is 23.0 Å². The van der Waals surface area contributed by atoms with Crippen LogP contribution in [0.15, 0.2) is 89.8 Å². The summed E-state index contributed by atoms with van der Waals surface area (Å²) in [5.41, 5.74) is 7.14. The van der Waals surface area contributed by atoms with Gasteiger partial charge in [0.05, 0.1) is 16.9 Å². The number of fused-ring (bicyclic) bond motifs is 9. The number of nitrogens with zero attached hydrogens (tertiary/aromatic N) is 1. The van der Waals surface area contributed by atoms with E-state index in [-0.39, 0.29) is 71.8 Å². The molecule has 5 aromatic carbocycles. The van der Waals surface area contributed by atoms with E-state index < -0.39 is 25.6 Å². The standard InChI is InChI=1S/C42H39NO8S.O3S/c1-42(2)35-9-4-5-10-36(35)43(3)37(42)12-11-24-13-28-17-26-7-6-8-27(38(26)45)18-30-15-25(23-44)16-31(40(30)47)20-33-22-34(52(49,50)51)21-32(41(33)48)19-29(14-24)39(28)46;1-4(2)3/h4-16,21-22,44H,17-20,23H2,1-3H3,(H4,45,47,48,49,50,51);/p+1. The summed E-state index contributed by atoms with van der Waals surface area (Å²) in [5.74, 6) is -0.470. The molecule has 6 N–H and O–H groups in total. The van der Waals surface area contributed by atoms with Crippen LogP contribution in [0.3, 0.4) is 0 Å². The SMILES string of the molecule is C[N+]1=C(/C=C/c2cc3c(O)c(c2)Cc2cc(S(=O)(=O)O)cc(c2O)Cc2cc(CO)cc(c2O)Cc2cccc(c2O)C3)C(C)(C)c2ccccc21.O=S(=O)=O. The highest BCUT2D eigenvalue weighted by atomic mass is 32.2. The number of hydrogen-bond acceptors (Lipinski definition) is 10. The zero-order valence-electron chi connectivity index (χ0n) is 30.7. The van der Waals surface area contributed by atoms with Gasteiger partial charge in [-0.25, -0.2) is 0 Å². The predicted octanol–water partition coefficient (Wildman–Crippen LogP) is 5.64. The Bertz CT molecular complexity index is 2690. The highest BCUT2D eigenvalue weighted by Crippen LogP contribution is 2.41. The first-order valence-electron chi connectivity index (χ1n) is 17.5. The summed E-state index contributed by atoms with van der Waals surface area (Å²) in [7, 11) is -5.82. The molecule has 0 radical (unpaired) electrons. The highest BCUT2D eigenvalue weighted by Gasteiger charge is 2.42. The average molecular weight is 799 g/mol. The quantitative estimate of drug-likeness (QED) is 0.0950. The average Bonchev–Trinajstić information content (AvgIpc) is 3.32. The Morgan fingerprint density at radius 3 is 1.55 bits per heavy atom. The molecule has 0 atom stereocenters. The van der Waals surface area contributed by atoms with Gasteiger partial charge in [0.2, 0.25) is 5.69 Å². The second kappa shape index (κ2) is 15.4. The number of rotatable bonds is 4. The molecule has 7 rings (SSSR count). The molecule has 290 valence electrons. The minimum absolute atomic E-state index is 0.00940. The Morgan fingerprint density at radius 1 is 0.661 bits per heavy atom. The van der Waals surface area contributed by atoms with Crippen molar-refractivity contribution in [2.24, 2.45) is 0 Å². The molecule has 12 nitrogen and oxygen atoms in total. The van der Waals surface area contributed by atoms with Crippen molar-refractivity contribution >= 4 is 38.2 Å². The van der Waals surface area contributed by atoms with Gasteiger partial charge in [-0.05, 0) is 101 Å². The first-order valence-corrected chi connectivity index (χ1v) is 19.9. The van der Waals surface area contributed by atoms with Crippen LogP contribution in [0.25, 0.3) is 6.08 Å². The molecule has 1 aliphatic carbocycles. The molecule has 5 aromatic rings. The minimum Gasteiger partial charge on any atom is -0.507 e. The van der Waals surface area contributed by atoms with Crippen LogP contribution in [0.2, 0.25) is 0 Å². The van der Waals surface area contributed by atoms with E-state index in [0.29, 0.717) is 38.9 Å². The van der Waals surface area contributed by atoms with Gasteiger partial charge in [-0.1, -0.05) is 36.4 Å². The fourth-order valence-electron chi connectivity index (χ4n) is 7.72. The van der Waals surface area contributed by atoms with Crippen LogP contribution < -0.4 is 0 Å². The van der Waals surface area contributed by atoms with Gasteiger partial charge in [-0.15, -0.1) is 12.6 Å². The molecule has 0 spiro atoms. The van der Waals surface area contributed by atoms with Crippen LogP contribution in [0.1, 0.15) is 75.0 Å². The Hall–Kier alpha value is -5.80. The number of phenols is 4. The largest absolute Gasteiger partial charge is 0.507 e. The number of aliphatic hydroxyl groups is 1. The van der Waals surface area contributed by atoms with Gasteiger partial charge in [0.25, 0.3) is 10.1 Å². The highest BCUT2D eigenvalue weighted by molar-refractivity contribution is 7.85. The molecule has 8 bridgehead atoms. The lowest BCUT2D eigenvalue weighted by atomic mass is 9.81. The first kappa shape index (κ1) is 39.9. The van der Waals surface area contributed by atoms with Gasteiger partial charge >= 0.3 is 10.6 Å². The van der Waals surface area contributed by atoms with Crippen LogP contribution in [-0.2, 0) is 58.4 Å². The molecule has 14 heteroatoms. The second-order valence-electron chi connectivity index (χ2n) is 14.4. The summed E-state index contributed by atoms with van der Waals surface area (Å²) < 4.78 is 62.6. The number of hydrogen-bond donors (Lipinski definition) is 6. The van der Waals surface area contributed by atoms with Gasteiger partial charge in [-0.3, -0.25) is 4.55 Å². The van der Waals surface area contributed by atoms with Gasteiger partial charge < -0.3 is 25.5 Å². The van der Waals surface area contributed by atoms with E-state index in [1.54, 1.807) is 36.4 Å². The van der Waals surface area contributed by atoms with Crippen molar-refractivity contribution in [3.05, 3.63) is 146 Å². The van der Waals surface area contributed by atoms with Crippen molar-refractivity contribution in [2.75, 3.05) is 7.05 Å². The van der Waals surface area contributed by atoms with Crippen molar-refractivity contribution in [3.63, 3.8) is 0 Å². The normalized spacial score (nSPS) is 14.6. The maximum Gasteiger partial charge on any atom is 0.425 e. The lowest BCUT2D eigenvalue weighted by molar-refractivity contribution is -0.401. The van der Waals surface area contributed by atoms with E-state index >= 15 is 0 Å². The zero-order valence-corrected chi connectivity index (χ0v) is 32.3. The smallest absolute Gasteiger partial charge is 0.425 e. The lowest BCUT2D eigenvalue weighted by Gasteiger charge is -2.19. The molecular weight excluding hydrogens is 759 g/mol. The van der Waals surface area contributed by atoms with Gasteiger partial charge in [0, 0.05) is 54.5 Å². The third-order valence-corrected chi connectivity index (χ3v) is 11.3. The van der Waals surface area contributed by atoms with Crippen molar-refractivity contribution in [1.29, 1.82) is 0 Å². The number of aromatic hydroxyl groups is 4. The monoisotopic (exact) mass is 798 g/mol. The Balaban J connectivity index is 0.00000127. The summed E-state index contributed by atoms with van der Waals surface area (Å²) in [4.78, 5) is -0.451. The third-order valence-electron chi connectivity index (χ3n) is 10.4. The summed E-state index contributed by atoms with van der Waals surface area (Å²) >= 11 is 0. The van der Waals surface area contributed by atoms with Crippen molar-refractivity contribution < 1.29 is 55.7 Å². The maximum absolute atomic E-state index is 12.5. The summed E-state index contributed by atoms with van der Waals surface area (Å²) in [6, 6.07) is 22.6. The van der Waals surface area contributed by atoms with Crippen LogP contribution >= 0.6 is 0 Å². The molecule has 0 fully saturated rings. The molecule has 0 unspecified atom stereocenters. The Labute approximate surface area is 325 Å². The fourth-order valence-corrected chi connectivity index (χ4v) is 8.30. The van der Waals surface area contributed by atoms with Crippen LogP contribution in [0.4, 0.5) is 5.69 Å². The number of para-hydroxylation sites is 2. The van der Waals surface area contributed by atoms with E-state index in [2.05, 4.69) is 30.6 Å². The fraction of sp³-hybridized carbons (Fsp3) is 0.214. The Kier molecular flexibility index (Phi) is 11.0. The molecule has 56 heavy (non-hydrogen) atoms. The maximum atomic E-state index is 12.5. The van der Waals surface area contributed by atoms with E-state index in [0.717, 1.165) is 23.0 Å². The van der Waals surface area contributed by atoms with Gasteiger partial charge in [0.1, 0.15) is 30.0 Å². The molecule has 0 saturated heterocycles. The summed E-state index contributed by atoms with van der Waals surface area (Å²) in [6.45, 7) is 3.98. The minimum atomic E-state index is -4.73. The first-order chi connectivity index (χ1) is 26.4. The number of phenolic OH excluding ortho intramolecular Hbond substituents is 4. The topological polar surface area (TPSA) is 210 Å².